The number of methoxy groups -OCH3 is 2. The molecule has 2 aliphatic rings. The van der Waals surface area contributed by atoms with E-state index in [0.29, 0.717) is 39.0 Å². The molecule has 1 fully saturated rings. The smallest absolute Gasteiger partial charge is 0.282 e. The Morgan fingerprint density at radius 1 is 0.833 bits per heavy atom. The highest BCUT2D eigenvalue weighted by Gasteiger charge is 2.42. The summed E-state index contributed by atoms with van der Waals surface area (Å²) in [7, 11) is 3.06. The van der Waals surface area contributed by atoms with Crippen LogP contribution in [0.3, 0.4) is 0 Å². The van der Waals surface area contributed by atoms with E-state index in [4.69, 9.17) is 21.1 Å². The number of hydrogen-bond acceptors (Lipinski definition) is 5. The number of hydrogen-bond donors (Lipinski definition) is 0. The fourth-order valence-electron chi connectivity index (χ4n) is 4.00. The second-order valence-electron chi connectivity index (χ2n) is 7.26. The van der Waals surface area contributed by atoms with Gasteiger partial charge in [-0.05, 0) is 49.1 Å². The maximum atomic E-state index is 13.5. The Morgan fingerprint density at radius 2 is 1.50 bits per heavy atom. The largest absolute Gasteiger partial charge is 0.493 e. The molecule has 0 N–H and O–H groups in total. The van der Waals surface area contributed by atoms with Gasteiger partial charge in [0.25, 0.3) is 11.8 Å². The van der Waals surface area contributed by atoms with Crippen molar-refractivity contribution in [3.05, 3.63) is 58.7 Å². The van der Waals surface area contributed by atoms with Crippen molar-refractivity contribution in [2.75, 3.05) is 32.2 Å². The lowest BCUT2D eigenvalue weighted by Crippen LogP contribution is -2.37. The molecule has 0 spiro atoms. The summed E-state index contributed by atoms with van der Waals surface area (Å²) >= 11 is 6.04. The van der Waals surface area contributed by atoms with Crippen LogP contribution in [0, 0.1) is 0 Å². The molecule has 0 bridgehead atoms. The molecule has 0 aromatic heterocycles. The molecule has 2 aliphatic heterocycles. The van der Waals surface area contributed by atoms with Crippen LogP contribution in [-0.2, 0) is 9.59 Å². The Morgan fingerprint density at radius 3 is 2.13 bits per heavy atom. The lowest BCUT2D eigenvalue weighted by molar-refractivity contribution is -0.120. The number of amides is 2. The molecule has 0 aliphatic carbocycles. The van der Waals surface area contributed by atoms with Crippen molar-refractivity contribution in [1.82, 2.24) is 4.90 Å². The molecule has 156 valence electrons. The van der Waals surface area contributed by atoms with Gasteiger partial charge in [0.15, 0.2) is 11.5 Å². The summed E-state index contributed by atoms with van der Waals surface area (Å²) in [6.45, 7) is 1.51. The first-order valence-electron chi connectivity index (χ1n) is 9.91. The van der Waals surface area contributed by atoms with Crippen LogP contribution in [0.15, 0.2) is 48.2 Å². The van der Waals surface area contributed by atoms with Crippen LogP contribution >= 0.6 is 11.6 Å². The molecule has 2 aromatic carbocycles. The molecule has 1 saturated heterocycles. The fourth-order valence-corrected chi connectivity index (χ4v) is 4.13. The van der Waals surface area contributed by atoms with E-state index in [1.807, 2.05) is 4.90 Å². The van der Waals surface area contributed by atoms with Crippen molar-refractivity contribution in [3.8, 4) is 11.5 Å². The van der Waals surface area contributed by atoms with Gasteiger partial charge in [0.2, 0.25) is 0 Å². The van der Waals surface area contributed by atoms with E-state index in [1.54, 1.807) is 49.6 Å². The van der Waals surface area contributed by atoms with E-state index in [0.717, 1.165) is 32.4 Å². The standard InChI is InChI=1S/C23H23ClN2O4/c1-29-18-11-10-17(14-19(18)30-2)26-22(27)20(15-6-8-16(24)9-7-15)21(23(26)28)25-12-4-3-5-13-25/h6-11,14H,3-5,12-13H2,1-2H3. The molecule has 7 heteroatoms. The van der Waals surface area contributed by atoms with E-state index in [2.05, 4.69) is 0 Å². The zero-order valence-corrected chi connectivity index (χ0v) is 17.7. The second kappa shape index (κ2) is 8.40. The Balaban J connectivity index is 1.81. The predicted octanol–water partition coefficient (Wildman–Crippen LogP) is 4.13. The van der Waals surface area contributed by atoms with E-state index < -0.39 is 0 Å². The van der Waals surface area contributed by atoms with Gasteiger partial charge in [0.05, 0.1) is 25.5 Å². The number of ether oxygens (including phenoxy) is 2. The summed E-state index contributed by atoms with van der Waals surface area (Å²) in [6, 6.07) is 12.1. The maximum absolute atomic E-state index is 13.5. The van der Waals surface area contributed by atoms with Crippen molar-refractivity contribution < 1.29 is 19.1 Å². The molecule has 0 unspecified atom stereocenters. The minimum absolute atomic E-state index is 0.320. The molecule has 0 atom stereocenters. The van der Waals surface area contributed by atoms with Crippen LogP contribution in [0.5, 0.6) is 11.5 Å². The summed E-state index contributed by atoms with van der Waals surface area (Å²) in [4.78, 5) is 30.3. The van der Waals surface area contributed by atoms with Gasteiger partial charge in [0, 0.05) is 24.2 Å². The number of likely N-dealkylation sites (tertiary alicyclic amines) is 1. The first kappa shape index (κ1) is 20.3. The van der Waals surface area contributed by atoms with Gasteiger partial charge in [-0.15, -0.1) is 0 Å². The number of carbonyl (C=O) groups is 2. The van der Waals surface area contributed by atoms with Crippen molar-refractivity contribution in [2.45, 2.75) is 19.3 Å². The van der Waals surface area contributed by atoms with Crippen molar-refractivity contribution in [1.29, 1.82) is 0 Å². The molecule has 2 aromatic rings. The van der Waals surface area contributed by atoms with Gasteiger partial charge in [-0.3, -0.25) is 9.59 Å². The molecule has 2 amide bonds. The third-order valence-corrected chi connectivity index (χ3v) is 5.74. The average Bonchev–Trinajstić information content (AvgIpc) is 3.04. The first-order valence-corrected chi connectivity index (χ1v) is 10.3. The van der Waals surface area contributed by atoms with Gasteiger partial charge in [0.1, 0.15) is 5.70 Å². The summed E-state index contributed by atoms with van der Waals surface area (Å²) in [5, 5.41) is 0.576. The minimum atomic E-state index is -0.352. The van der Waals surface area contributed by atoms with Crippen molar-refractivity contribution >= 4 is 34.7 Å². The number of piperidine rings is 1. The van der Waals surface area contributed by atoms with Crippen LogP contribution in [0.2, 0.25) is 5.02 Å². The highest BCUT2D eigenvalue weighted by Crippen LogP contribution is 2.39. The molecular formula is C23H23ClN2O4. The lowest BCUT2D eigenvalue weighted by Gasteiger charge is -2.29. The Hall–Kier alpha value is -2.99. The molecule has 4 rings (SSSR count). The number of rotatable bonds is 5. The minimum Gasteiger partial charge on any atom is -0.493 e. The zero-order valence-electron chi connectivity index (χ0n) is 17.0. The Bertz CT molecular complexity index is 1010. The zero-order chi connectivity index (χ0) is 21.3. The number of carbonyl (C=O) groups excluding carboxylic acids is 2. The molecular weight excluding hydrogens is 404 g/mol. The van der Waals surface area contributed by atoms with E-state index in [-0.39, 0.29) is 11.8 Å². The molecule has 0 radical (unpaired) electrons. The van der Waals surface area contributed by atoms with Crippen LogP contribution in [0.1, 0.15) is 24.8 Å². The maximum Gasteiger partial charge on any atom is 0.282 e. The Labute approximate surface area is 180 Å². The van der Waals surface area contributed by atoms with Gasteiger partial charge >= 0.3 is 0 Å². The number of imide groups is 1. The molecule has 0 saturated carbocycles. The molecule has 30 heavy (non-hydrogen) atoms. The highest BCUT2D eigenvalue weighted by molar-refractivity contribution is 6.45. The lowest BCUT2D eigenvalue weighted by atomic mass is 10.0. The predicted molar refractivity (Wildman–Crippen MR) is 116 cm³/mol. The fraction of sp³-hybridized carbons (Fsp3) is 0.304. The Kier molecular flexibility index (Phi) is 5.68. The van der Waals surface area contributed by atoms with Crippen LogP contribution in [0.25, 0.3) is 5.57 Å². The van der Waals surface area contributed by atoms with Gasteiger partial charge in [-0.2, -0.15) is 0 Å². The third-order valence-electron chi connectivity index (χ3n) is 5.49. The monoisotopic (exact) mass is 426 g/mol. The number of anilines is 1. The third kappa shape index (κ3) is 3.52. The van der Waals surface area contributed by atoms with Gasteiger partial charge in [-0.1, -0.05) is 23.7 Å². The summed E-state index contributed by atoms with van der Waals surface area (Å²) < 4.78 is 10.6. The van der Waals surface area contributed by atoms with Crippen molar-refractivity contribution in [2.24, 2.45) is 0 Å². The average molecular weight is 427 g/mol. The molecule has 6 nitrogen and oxygen atoms in total. The van der Waals surface area contributed by atoms with E-state index in [9.17, 15) is 9.59 Å². The number of benzene rings is 2. The first-order chi connectivity index (χ1) is 14.5. The number of halogens is 1. The van der Waals surface area contributed by atoms with Gasteiger partial charge in [-0.25, -0.2) is 4.90 Å². The van der Waals surface area contributed by atoms with E-state index in [1.165, 1.54) is 12.0 Å². The molecule has 2 heterocycles. The van der Waals surface area contributed by atoms with Crippen LogP contribution in [0.4, 0.5) is 5.69 Å². The second-order valence-corrected chi connectivity index (χ2v) is 7.70. The summed E-state index contributed by atoms with van der Waals surface area (Å²) in [5.41, 5.74) is 1.99. The van der Waals surface area contributed by atoms with Crippen LogP contribution in [-0.4, -0.2) is 44.0 Å². The van der Waals surface area contributed by atoms with Crippen LogP contribution < -0.4 is 14.4 Å². The van der Waals surface area contributed by atoms with Crippen molar-refractivity contribution in [3.63, 3.8) is 0 Å². The normalized spacial score (nSPS) is 17.0. The topological polar surface area (TPSA) is 59.1 Å². The number of nitrogens with zero attached hydrogens (tertiary/aromatic N) is 2. The summed E-state index contributed by atoms with van der Waals surface area (Å²) in [5.74, 6) is 0.312. The van der Waals surface area contributed by atoms with E-state index >= 15 is 0 Å². The van der Waals surface area contributed by atoms with Gasteiger partial charge < -0.3 is 14.4 Å². The quantitative estimate of drug-likeness (QED) is 0.673. The highest BCUT2D eigenvalue weighted by atomic mass is 35.5. The SMILES string of the molecule is COc1ccc(N2C(=O)C(c3ccc(Cl)cc3)=C(N3CCCCC3)C2=O)cc1OC. The summed E-state index contributed by atoms with van der Waals surface area (Å²) in [6.07, 6.45) is 3.12.